The van der Waals surface area contributed by atoms with Gasteiger partial charge >= 0.3 is 0 Å². The van der Waals surface area contributed by atoms with Crippen LogP contribution in [0.4, 0.5) is 0 Å². The molecule has 1 atom stereocenters. The molecule has 1 fully saturated rings. The lowest BCUT2D eigenvalue weighted by molar-refractivity contribution is -0.129. The van der Waals surface area contributed by atoms with Crippen molar-refractivity contribution in [2.45, 2.75) is 19.9 Å². The fourth-order valence-corrected chi connectivity index (χ4v) is 3.29. The van der Waals surface area contributed by atoms with Crippen molar-refractivity contribution in [3.05, 3.63) is 29.6 Å². The predicted molar refractivity (Wildman–Crippen MR) is 101 cm³/mol. The Hall–Kier alpha value is -2.41. The van der Waals surface area contributed by atoms with E-state index >= 15 is 0 Å². The quantitative estimate of drug-likeness (QED) is 0.834. The van der Waals surface area contributed by atoms with Crippen LogP contribution in [0.1, 0.15) is 17.8 Å². The molecule has 0 unspecified atom stereocenters. The van der Waals surface area contributed by atoms with Crippen molar-refractivity contribution in [2.75, 3.05) is 33.7 Å². The summed E-state index contributed by atoms with van der Waals surface area (Å²) in [5.74, 6) is 0.717. The number of rotatable bonds is 6. The summed E-state index contributed by atoms with van der Waals surface area (Å²) in [5, 5.41) is 2.97. The Labute approximate surface area is 154 Å². The number of fused-ring (bicyclic) bond motifs is 1. The highest BCUT2D eigenvalue weighted by molar-refractivity contribution is 5.89. The summed E-state index contributed by atoms with van der Waals surface area (Å²) in [6.45, 7) is 4.42. The third-order valence-corrected chi connectivity index (χ3v) is 5.04. The van der Waals surface area contributed by atoms with Gasteiger partial charge in [0.1, 0.15) is 5.82 Å². The Balaban J connectivity index is 1.56. The molecule has 26 heavy (non-hydrogen) atoms. The minimum atomic E-state index is -0.259. The number of nitrogens with one attached hydrogen (secondary N) is 1. The van der Waals surface area contributed by atoms with E-state index < -0.39 is 0 Å². The van der Waals surface area contributed by atoms with Gasteiger partial charge in [0, 0.05) is 39.6 Å². The van der Waals surface area contributed by atoms with Gasteiger partial charge in [0.25, 0.3) is 0 Å². The first-order chi connectivity index (χ1) is 12.3. The molecule has 140 valence electrons. The van der Waals surface area contributed by atoms with Crippen molar-refractivity contribution in [1.82, 2.24) is 24.7 Å². The van der Waals surface area contributed by atoms with E-state index in [1.807, 2.05) is 55.7 Å². The smallest absolute Gasteiger partial charge is 0.225 e. The third-order valence-electron chi connectivity index (χ3n) is 5.04. The van der Waals surface area contributed by atoms with Crippen LogP contribution in [0.2, 0.25) is 0 Å². The van der Waals surface area contributed by atoms with Crippen molar-refractivity contribution in [2.24, 2.45) is 13.0 Å². The molecule has 2 amide bonds. The minimum absolute atomic E-state index is 0.0528. The Morgan fingerprint density at radius 1 is 1.38 bits per heavy atom. The average molecular weight is 357 g/mol. The summed E-state index contributed by atoms with van der Waals surface area (Å²) in [5.41, 5.74) is 3.02. The van der Waals surface area contributed by atoms with Gasteiger partial charge < -0.3 is 19.7 Å². The number of amides is 2. The standard InChI is InChI=1S/C19H27N5O2/c1-13-21-16-9-14(5-6-17(16)23(13)4)11-20-19(26)15-10-18(25)24(12-15)8-7-22(2)3/h5-6,9,15H,7-8,10-12H2,1-4H3,(H,20,26)/t15-/m0/s1. The molecule has 0 aliphatic carbocycles. The second-order valence-corrected chi connectivity index (χ2v) is 7.30. The number of likely N-dealkylation sites (tertiary alicyclic amines) is 1. The Kier molecular flexibility index (Phi) is 5.27. The molecule has 1 aromatic carbocycles. The van der Waals surface area contributed by atoms with Gasteiger partial charge in [-0.3, -0.25) is 9.59 Å². The molecule has 7 nitrogen and oxygen atoms in total. The van der Waals surface area contributed by atoms with Crippen LogP contribution >= 0.6 is 0 Å². The number of nitrogens with zero attached hydrogens (tertiary/aromatic N) is 4. The summed E-state index contributed by atoms with van der Waals surface area (Å²) in [4.78, 5) is 32.9. The fraction of sp³-hybridized carbons (Fsp3) is 0.526. The van der Waals surface area contributed by atoms with Gasteiger partial charge in [0.15, 0.2) is 0 Å². The van der Waals surface area contributed by atoms with Crippen LogP contribution in [0.3, 0.4) is 0 Å². The van der Waals surface area contributed by atoms with E-state index in [4.69, 9.17) is 0 Å². The van der Waals surface area contributed by atoms with Gasteiger partial charge in [-0.2, -0.15) is 0 Å². The summed E-state index contributed by atoms with van der Waals surface area (Å²) in [6, 6.07) is 6.04. The van der Waals surface area contributed by atoms with Gasteiger partial charge in [-0.25, -0.2) is 4.98 Å². The van der Waals surface area contributed by atoms with Gasteiger partial charge in [-0.1, -0.05) is 6.07 Å². The molecule has 7 heteroatoms. The highest BCUT2D eigenvalue weighted by atomic mass is 16.2. The van der Waals surface area contributed by atoms with Crippen LogP contribution in [-0.2, 0) is 23.2 Å². The van der Waals surface area contributed by atoms with Crippen molar-refractivity contribution < 1.29 is 9.59 Å². The highest BCUT2D eigenvalue weighted by Gasteiger charge is 2.33. The van der Waals surface area contributed by atoms with Gasteiger partial charge in [0.05, 0.1) is 17.0 Å². The Morgan fingerprint density at radius 2 is 2.15 bits per heavy atom. The van der Waals surface area contributed by atoms with Crippen LogP contribution in [-0.4, -0.2) is 64.9 Å². The van der Waals surface area contributed by atoms with Crippen LogP contribution in [0.15, 0.2) is 18.2 Å². The number of hydrogen-bond acceptors (Lipinski definition) is 4. The minimum Gasteiger partial charge on any atom is -0.352 e. The average Bonchev–Trinajstić information content (AvgIpc) is 3.10. The predicted octanol–water partition coefficient (Wildman–Crippen LogP) is 0.908. The second-order valence-electron chi connectivity index (χ2n) is 7.30. The zero-order chi connectivity index (χ0) is 18.8. The topological polar surface area (TPSA) is 70.5 Å². The maximum Gasteiger partial charge on any atom is 0.225 e. The summed E-state index contributed by atoms with van der Waals surface area (Å²) in [6.07, 6.45) is 0.303. The molecule has 3 rings (SSSR count). The molecule has 0 radical (unpaired) electrons. The van der Waals surface area contributed by atoms with E-state index in [1.165, 1.54) is 0 Å². The molecule has 1 aromatic heterocycles. The van der Waals surface area contributed by atoms with Crippen molar-refractivity contribution in [3.8, 4) is 0 Å². The Bertz CT molecular complexity index is 827. The molecule has 0 bridgehead atoms. The monoisotopic (exact) mass is 357 g/mol. The lowest BCUT2D eigenvalue weighted by Gasteiger charge is -2.19. The van der Waals surface area contributed by atoms with E-state index in [0.29, 0.717) is 26.1 Å². The lowest BCUT2D eigenvalue weighted by Crippen LogP contribution is -2.35. The lowest BCUT2D eigenvalue weighted by atomic mass is 10.1. The number of hydrogen-bond donors (Lipinski definition) is 1. The second kappa shape index (κ2) is 7.45. The maximum absolute atomic E-state index is 12.4. The molecule has 1 N–H and O–H groups in total. The van der Waals surface area contributed by atoms with Crippen molar-refractivity contribution in [3.63, 3.8) is 0 Å². The maximum atomic E-state index is 12.4. The van der Waals surface area contributed by atoms with E-state index in [-0.39, 0.29) is 17.7 Å². The number of benzene rings is 1. The molecular formula is C19H27N5O2. The molecular weight excluding hydrogens is 330 g/mol. The van der Waals surface area contributed by atoms with E-state index in [1.54, 1.807) is 4.90 Å². The van der Waals surface area contributed by atoms with Crippen LogP contribution in [0, 0.1) is 12.8 Å². The molecule has 0 spiro atoms. The SMILES string of the molecule is Cc1nc2cc(CNC(=O)[C@H]3CC(=O)N(CCN(C)C)C3)ccc2n1C. The van der Waals surface area contributed by atoms with E-state index in [9.17, 15) is 9.59 Å². The largest absolute Gasteiger partial charge is 0.352 e. The first-order valence-corrected chi connectivity index (χ1v) is 8.97. The van der Waals surface area contributed by atoms with Gasteiger partial charge in [-0.15, -0.1) is 0 Å². The Morgan fingerprint density at radius 3 is 2.88 bits per heavy atom. The zero-order valence-electron chi connectivity index (χ0n) is 16.0. The molecule has 0 saturated carbocycles. The van der Waals surface area contributed by atoms with Crippen LogP contribution < -0.4 is 5.32 Å². The molecule has 1 aliphatic rings. The number of carbonyl (C=O) groups is 2. The number of aryl methyl sites for hydroxylation is 2. The normalized spacial score (nSPS) is 17.5. The van der Waals surface area contributed by atoms with E-state index in [0.717, 1.165) is 29.0 Å². The fourth-order valence-electron chi connectivity index (χ4n) is 3.29. The third kappa shape index (κ3) is 3.88. The summed E-state index contributed by atoms with van der Waals surface area (Å²) < 4.78 is 2.05. The summed E-state index contributed by atoms with van der Waals surface area (Å²) in [7, 11) is 5.95. The number of carbonyl (C=O) groups excluding carboxylic acids is 2. The van der Waals surface area contributed by atoms with Gasteiger partial charge in [0.2, 0.25) is 11.8 Å². The van der Waals surface area contributed by atoms with E-state index in [2.05, 4.69) is 10.3 Å². The van der Waals surface area contributed by atoms with Crippen LogP contribution in [0.5, 0.6) is 0 Å². The van der Waals surface area contributed by atoms with Crippen molar-refractivity contribution >= 4 is 22.8 Å². The zero-order valence-corrected chi connectivity index (χ0v) is 16.0. The number of aromatic nitrogens is 2. The van der Waals surface area contributed by atoms with Crippen LogP contribution in [0.25, 0.3) is 11.0 Å². The summed E-state index contributed by atoms with van der Waals surface area (Å²) >= 11 is 0. The first kappa shape index (κ1) is 18.4. The molecule has 1 saturated heterocycles. The highest BCUT2D eigenvalue weighted by Crippen LogP contribution is 2.19. The molecule has 1 aliphatic heterocycles. The molecule has 2 heterocycles. The number of imidazole rings is 1. The van der Waals surface area contributed by atoms with Gasteiger partial charge in [-0.05, 0) is 38.7 Å². The molecule has 2 aromatic rings. The first-order valence-electron chi connectivity index (χ1n) is 8.97. The number of likely N-dealkylation sites (N-methyl/N-ethyl adjacent to an activating group) is 1. The van der Waals surface area contributed by atoms with Crippen molar-refractivity contribution in [1.29, 1.82) is 0 Å².